The summed E-state index contributed by atoms with van der Waals surface area (Å²) < 4.78 is 61.9. The minimum Gasteiger partial charge on any atom is -0.289 e. The average molecular weight is 425 g/mol. The molecular formula is C18H14F3N3O4S. The maximum atomic E-state index is 13.0. The Kier molecular flexibility index (Phi) is 5.82. The molecule has 0 spiro atoms. The van der Waals surface area contributed by atoms with Gasteiger partial charge in [0, 0.05) is 11.6 Å². The van der Waals surface area contributed by atoms with Crippen LogP contribution < -0.4 is 9.79 Å². The van der Waals surface area contributed by atoms with Crippen molar-refractivity contribution in [1.82, 2.24) is 10.5 Å². The molecule has 0 fully saturated rings. The Labute approximate surface area is 165 Å². The fourth-order valence-electron chi connectivity index (χ4n) is 2.81. The number of hydroxylamine groups is 1. The van der Waals surface area contributed by atoms with E-state index in [1.807, 2.05) is 0 Å². The third kappa shape index (κ3) is 4.36. The molecule has 3 rings (SSSR count). The summed E-state index contributed by atoms with van der Waals surface area (Å²) in [5.41, 5.74) is 0.520. The van der Waals surface area contributed by atoms with Gasteiger partial charge in [-0.1, -0.05) is 36.4 Å². The second kappa shape index (κ2) is 8.15. The molecule has 29 heavy (non-hydrogen) atoms. The topological polar surface area (TPSA) is 103 Å². The van der Waals surface area contributed by atoms with E-state index in [0.717, 1.165) is 28.7 Å². The molecule has 0 saturated carbocycles. The predicted octanol–water partition coefficient (Wildman–Crippen LogP) is 3.52. The van der Waals surface area contributed by atoms with E-state index in [9.17, 15) is 26.7 Å². The predicted molar refractivity (Wildman–Crippen MR) is 99.4 cm³/mol. The van der Waals surface area contributed by atoms with E-state index in [0.29, 0.717) is 5.56 Å². The molecule has 2 aromatic carbocycles. The van der Waals surface area contributed by atoms with Crippen molar-refractivity contribution in [2.45, 2.75) is 12.7 Å². The fourth-order valence-corrected chi connectivity index (χ4v) is 3.42. The maximum absolute atomic E-state index is 13.0. The van der Waals surface area contributed by atoms with E-state index >= 15 is 0 Å². The maximum Gasteiger partial charge on any atom is 0.416 e. The number of aromatic nitrogens is 1. The van der Waals surface area contributed by atoms with Crippen LogP contribution in [0.25, 0.3) is 10.9 Å². The van der Waals surface area contributed by atoms with Crippen LogP contribution in [0.4, 0.5) is 18.9 Å². The molecular weight excluding hydrogens is 411 g/mol. The molecule has 1 aromatic heterocycles. The van der Waals surface area contributed by atoms with E-state index in [1.165, 1.54) is 5.48 Å². The number of rotatable bonds is 5. The Morgan fingerprint density at radius 1 is 1.17 bits per heavy atom. The molecule has 1 atom stereocenters. The van der Waals surface area contributed by atoms with Gasteiger partial charge in [-0.3, -0.25) is 23.8 Å². The van der Waals surface area contributed by atoms with Crippen LogP contribution in [0.1, 0.15) is 21.5 Å². The van der Waals surface area contributed by atoms with Gasteiger partial charge in [0.1, 0.15) is 0 Å². The first kappa shape index (κ1) is 20.7. The summed E-state index contributed by atoms with van der Waals surface area (Å²) in [4.78, 5) is 15.9. The summed E-state index contributed by atoms with van der Waals surface area (Å²) >= 11 is -2.64. The van der Waals surface area contributed by atoms with Gasteiger partial charge in [-0.05, 0) is 17.7 Å². The second-order valence-electron chi connectivity index (χ2n) is 5.94. The lowest BCUT2D eigenvalue weighted by molar-refractivity contribution is -0.137. The van der Waals surface area contributed by atoms with Gasteiger partial charge < -0.3 is 0 Å². The van der Waals surface area contributed by atoms with E-state index < -0.39 is 28.9 Å². The standard InChI is InChI=1S/C18H14F3N3O4S/c19-18(20,21)12-6-7-13-15(8-12)22-9-14(17(25)23-26)16(13)24(29(27)28)10-11-4-2-1-3-5-11/h1-9,26H,10H2,(H,23,25)(H,27,28). The van der Waals surface area contributed by atoms with Gasteiger partial charge in [0.05, 0.1) is 28.9 Å². The smallest absolute Gasteiger partial charge is 0.289 e. The van der Waals surface area contributed by atoms with Crippen molar-refractivity contribution in [1.29, 1.82) is 0 Å². The molecule has 1 unspecified atom stereocenters. The molecule has 0 aliphatic carbocycles. The van der Waals surface area contributed by atoms with Crippen LogP contribution in [-0.4, -0.2) is 24.9 Å². The number of nitrogens with one attached hydrogen (secondary N) is 1. The Bertz CT molecular complexity index is 1080. The molecule has 0 aliphatic rings. The fraction of sp³-hybridized carbons (Fsp3) is 0.111. The zero-order chi connectivity index (χ0) is 21.2. The van der Waals surface area contributed by atoms with Gasteiger partial charge >= 0.3 is 6.18 Å². The molecule has 152 valence electrons. The van der Waals surface area contributed by atoms with Crippen LogP contribution in [0.2, 0.25) is 0 Å². The van der Waals surface area contributed by atoms with E-state index in [1.54, 1.807) is 30.3 Å². The third-order valence-electron chi connectivity index (χ3n) is 4.12. The lowest BCUT2D eigenvalue weighted by Gasteiger charge is -2.24. The van der Waals surface area contributed by atoms with E-state index in [4.69, 9.17) is 5.21 Å². The Morgan fingerprint density at radius 3 is 2.45 bits per heavy atom. The molecule has 0 saturated heterocycles. The number of fused-ring (bicyclic) bond motifs is 1. The molecule has 7 nitrogen and oxygen atoms in total. The monoisotopic (exact) mass is 425 g/mol. The highest BCUT2D eigenvalue weighted by molar-refractivity contribution is 7.80. The second-order valence-corrected chi connectivity index (χ2v) is 6.85. The first-order valence-corrected chi connectivity index (χ1v) is 9.15. The Balaban J connectivity index is 2.25. The zero-order valence-electron chi connectivity index (χ0n) is 14.6. The Morgan fingerprint density at radius 2 is 1.86 bits per heavy atom. The van der Waals surface area contributed by atoms with Gasteiger partial charge in [0.2, 0.25) is 0 Å². The normalized spacial score (nSPS) is 12.6. The lowest BCUT2D eigenvalue weighted by atomic mass is 10.1. The lowest BCUT2D eigenvalue weighted by Crippen LogP contribution is -2.29. The SMILES string of the molecule is O=C(NO)c1cnc2cc(C(F)(F)F)ccc2c1N(Cc1ccccc1)S(=O)O. The van der Waals surface area contributed by atoms with Gasteiger partial charge in [-0.15, -0.1) is 0 Å². The van der Waals surface area contributed by atoms with Crippen LogP contribution in [0.3, 0.4) is 0 Å². The number of alkyl halides is 3. The van der Waals surface area contributed by atoms with Gasteiger partial charge in [0.25, 0.3) is 17.2 Å². The number of pyridine rings is 1. The highest BCUT2D eigenvalue weighted by Crippen LogP contribution is 2.36. The van der Waals surface area contributed by atoms with Crippen LogP contribution >= 0.6 is 0 Å². The first-order chi connectivity index (χ1) is 13.7. The van der Waals surface area contributed by atoms with E-state index in [-0.39, 0.29) is 28.7 Å². The zero-order valence-corrected chi connectivity index (χ0v) is 15.4. The number of carbonyl (C=O) groups excluding carboxylic acids is 1. The minimum atomic E-state index is -4.61. The molecule has 0 aliphatic heterocycles. The number of nitrogens with zero attached hydrogens (tertiary/aromatic N) is 2. The van der Waals surface area contributed by atoms with Crippen molar-refractivity contribution in [3.05, 3.63) is 71.4 Å². The summed E-state index contributed by atoms with van der Waals surface area (Å²) in [6.07, 6.45) is -3.67. The van der Waals surface area contributed by atoms with Crippen molar-refractivity contribution < 1.29 is 31.9 Å². The quantitative estimate of drug-likeness (QED) is 0.330. The van der Waals surface area contributed by atoms with Gasteiger partial charge in [-0.2, -0.15) is 13.2 Å². The molecule has 0 radical (unpaired) electrons. The van der Waals surface area contributed by atoms with Crippen molar-refractivity contribution in [2.75, 3.05) is 4.31 Å². The first-order valence-electron chi connectivity index (χ1n) is 8.09. The van der Waals surface area contributed by atoms with Crippen molar-refractivity contribution >= 4 is 33.8 Å². The largest absolute Gasteiger partial charge is 0.416 e. The van der Waals surface area contributed by atoms with Crippen molar-refractivity contribution in [3.63, 3.8) is 0 Å². The minimum absolute atomic E-state index is 0.0393. The number of hydrogen-bond acceptors (Lipinski definition) is 4. The summed E-state index contributed by atoms with van der Waals surface area (Å²) in [6.45, 7) is -0.129. The van der Waals surface area contributed by atoms with Crippen LogP contribution in [-0.2, 0) is 24.0 Å². The van der Waals surface area contributed by atoms with Crippen LogP contribution in [0.5, 0.6) is 0 Å². The summed E-state index contributed by atoms with van der Waals surface area (Å²) in [7, 11) is 0. The molecule has 1 heterocycles. The van der Waals surface area contributed by atoms with Crippen molar-refractivity contribution in [2.24, 2.45) is 0 Å². The number of anilines is 1. The average Bonchev–Trinajstić information content (AvgIpc) is 2.70. The number of halogens is 3. The van der Waals surface area contributed by atoms with Gasteiger partial charge in [-0.25, -0.2) is 9.69 Å². The summed E-state index contributed by atoms with van der Waals surface area (Å²) in [5.74, 6) is -1.03. The molecule has 3 N–H and O–H groups in total. The molecule has 3 aromatic rings. The molecule has 1 amide bonds. The van der Waals surface area contributed by atoms with E-state index in [2.05, 4.69) is 4.98 Å². The van der Waals surface area contributed by atoms with Crippen molar-refractivity contribution in [3.8, 4) is 0 Å². The molecule has 0 bridgehead atoms. The third-order valence-corrected chi connectivity index (χ3v) is 4.81. The Hall–Kier alpha value is -3.02. The van der Waals surface area contributed by atoms with Crippen LogP contribution in [0.15, 0.2) is 54.7 Å². The number of benzene rings is 2. The number of amides is 1. The molecule has 11 heteroatoms. The number of hydrogen-bond donors (Lipinski definition) is 3. The summed E-state index contributed by atoms with van der Waals surface area (Å²) in [5, 5.41) is 9.05. The van der Waals surface area contributed by atoms with Crippen LogP contribution in [0, 0.1) is 0 Å². The highest BCUT2D eigenvalue weighted by Gasteiger charge is 2.32. The summed E-state index contributed by atoms with van der Waals surface area (Å²) in [6, 6.07) is 11.1. The highest BCUT2D eigenvalue weighted by atomic mass is 32.2. The number of carbonyl (C=O) groups is 1. The van der Waals surface area contributed by atoms with Gasteiger partial charge in [0.15, 0.2) is 0 Å².